The number of ether oxygens (including phenoxy) is 2. The molecule has 1 rings (SSSR count). The van der Waals surface area contributed by atoms with Gasteiger partial charge >= 0.3 is 5.97 Å². The zero-order valence-corrected chi connectivity index (χ0v) is 9.55. The van der Waals surface area contributed by atoms with Gasteiger partial charge in [0.2, 0.25) is 0 Å². The standard InChI is InChI=1S/C13H13NO3/c1-16-7-8-17-13(15)12(10-14)9-11-5-3-2-4-6-11/h2-6,9H,7-8H2,1H3. The number of methoxy groups -OCH3 is 1. The summed E-state index contributed by atoms with van der Waals surface area (Å²) in [4.78, 5) is 11.5. The number of hydrogen-bond donors (Lipinski definition) is 0. The van der Waals surface area contributed by atoms with Gasteiger partial charge in [-0.25, -0.2) is 4.79 Å². The third-order valence-electron chi connectivity index (χ3n) is 1.97. The lowest BCUT2D eigenvalue weighted by atomic mass is 10.1. The van der Waals surface area contributed by atoms with Crippen molar-refractivity contribution in [2.45, 2.75) is 0 Å². The van der Waals surface area contributed by atoms with Crippen LogP contribution < -0.4 is 0 Å². The normalized spacial score (nSPS) is 10.7. The molecule has 4 heteroatoms. The van der Waals surface area contributed by atoms with Gasteiger partial charge in [-0.05, 0) is 11.6 Å². The van der Waals surface area contributed by atoms with Gasteiger partial charge in [0.1, 0.15) is 18.2 Å². The van der Waals surface area contributed by atoms with Crippen molar-refractivity contribution in [1.82, 2.24) is 0 Å². The molecule has 0 saturated heterocycles. The van der Waals surface area contributed by atoms with Gasteiger partial charge in [0.25, 0.3) is 0 Å². The van der Waals surface area contributed by atoms with Gasteiger partial charge in [-0.15, -0.1) is 0 Å². The first-order valence-corrected chi connectivity index (χ1v) is 5.11. The Morgan fingerprint density at radius 1 is 1.35 bits per heavy atom. The molecule has 0 heterocycles. The van der Waals surface area contributed by atoms with E-state index in [1.54, 1.807) is 12.1 Å². The van der Waals surface area contributed by atoms with Crippen molar-refractivity contribution >= 4 is 12.0 Å². The number of esters is 1. The largest absolute Gasteiger partial charge is 0.459 e. The van der Waals surface area contributed by atoms with Crippen molar-refractivity contribution in [3.8, 4) is 6.07 Å². The van der Waals surface area contributed by atoms with Crippen LogP contribution in [-0.2, 0) is 14.3 Å². The van der Waals surface area contributed by atoms with E-state index in [2.05, 4.69) is 0 Å². The molecular weight excluding hydrogens is 218 g/mol. The number of nitriles is 1. The van der Waals surface area contributed by atoms with E-state index in [0.29, 0.717) is 6.61 Å². The summed E-state index contributed by atoms with van der Waals surface area (Å²) in [6.45, 7) is 0.457. The third-order valence-corrected chi connectivity index (χ3v) is 1.97. The summed E-state index contributed by atoms with van der Waals surface area (Å²) in [7, 11) is 1.51. The molecule has 0 saturated carbocycles. The quantitative estimate of drug-likeness (QED) is 0.335. The second-order valence-corrected chi connectivity index (χ2v) is 3.21. The molecule has 0 aliphatic carbocycles. The van der Waals surface area contributed by atoms with E-state index in [1.165, 1.54) is 13.2 Å². The lowest BCUT2D eigenvalue weighted by molar-refractivity contribution is -0.139. The van der Waals surface area contributed by atoms with Crippen LogP contribution in [0.25, 0.3) is 6.08 Å². The summed E-state index contributed by atoms with van der Waals surface area (Å²) in [6, 6.07) is 11.0. The minimum atomic E-state index is -0.631. The van der Waals surface area contributed by atoms with Gasteiger partial charge in [-0.1, -0.05) is 30.3 Å². The van der Waals surface area contributed by atoms with Crippen LogP contribution in [0.1, 0.15) is 5.56 Å². The summed E-state index contributed by atoms with van der Waals surface area (Å²) < 4.78 is 9.60. The van der Waals surface area contributed by atoms with Gasteiger partial charge in [0, 0.05) is 7.11 Å². The zero-order valence-electron chi connectivity index (χ0n) is 9.55. The number of carbonyl (C=O) groups excluding carboxylic acids is 1. The monoisotopic (exact) mass is 231 g/mol. The Kier molecular flexibility index (Phi) is 5.49. The minimum Gasteiger partial charge on any atom is -0.459 e. The molecule has 0 unspecified atom stereocenters. The molecule has 4 nitrogen and oxygen atoms in total. The molecule has 0 fully saturated rings. The number of rotatable bonds is 5. The zero-order chi connectivity index (χ0) is 12.5. The van der Waals surface area contributed by atoms with Crippen LogP contribution in [0.3, 0.4) is 0 Å². The third kappa shape index (κ3) is 4.49. The Hall–Kier alpha value is -2.12. The fourth-order valence-electron chi connectivity index (χ4n) is 1.15. The molecule has 0 bridgehead atoms. The SMILES string of the molecule is COCCOC(=O)C(C#N)=Cc1ccccc1. The van der Waals surface area contributed by atoms with Crippen LogP contribution in [-0.4, -0.2) is 26.3 Å². The van der Waals surface area contributed by atoms with E-state index >= 15 is 0 Å². The topological polar surface area (TPSA) is 59.3 Å². The first-order valence-electron chi connectivity index (χ1n) is 5.11. The molecule has 0 radical (unpaired) electrons. The first kappa shape index (κ1) is 12.9. The van der Waals surface area contributed by atoms with E-state index in [0.717, 1.165) is 5.56 Å². The predicted molar refractivity (Wildman–Crippen MR) is 62.9 cm³/mol. The highest BCUT2D eigenvalue weighted by Crippen LogP contribution is 2.07. The van der Waals surface area contributed by atoms with Gasteiger partial charge < -0.3 is 9.47 Å². The molecule has 0 atom stereocenters. The Balaban J connectivity index is 2.69. The lowest BCUT2D eigenvalue weighted by Crippen LogP contribution is -2.11. The highest BCUT2D eigenvalue weighted by molar-refractivity contribution is 5.97. The molecule has 0 amide bonds. The van der Waals surface area contributed by atoms with E-state index in [9.17, 15) is 4.79 Å². The smallest absolute Gasteiger partial charge is 0.348 e. The second-order valence-electron chi connectivity index (χ2n) is 3.21. The highest BCUT2D eigenvalue weighted by Gasteiger charge is 2.09. The summed E-state index contributed by atoms with van der Waals surface area (Å²) in [5, 5.41) is 8.86. The second kappa shape index (κ2) is 7.20. The van der Waals surface area contributed by atoms with Crippen LogP contribution in [0, 0.1) is 11.3 Å². The van der Waals surface area contributed by atoms with E-state index in [-0.39, 0.29) is 12.2 Å². The molecule has 0 spiro atoms. The summed E-state index contributed by atoms with van der Waals surface area (Å²) in [6.07, 6.45) is 1.50. The summed E-state index contributed by atoms with van der Waals surface area (Å²) in [5.41, 5.74) is 0.764. The van der Waals surface area contributed by atoms with Crippen molar-refractivity contribution in [2.24, 2.45) is 0 Å². The molecule has 0 aliphatic rings. The van der Waals surface area contributed by atoms with Crippen molar-refractivity contribution in [3.05, 3.63) is 41.5 Å². The van der Waals surface area contributed by atoms with Crippen molar-refractivity contribution < 1.29 is 14.3 Å². The maximum Gasteiger partial charge on any atom is 0.348 e. The Bertz CT molecular complexity index is 432. The molecule has 0 aromatic heterocycles. The Morgan fingerprint density at radius 2 is 2.06 bits per heavy atom. The predicted octanol–water partition coefficient (Wildman–Crippen LogP) is 1.78. The van der Waals surface area contributed by atoms with Gasteiger partial charge in [0.05, 0.1) is 6.61 Å². The fraction of sp³-hybridized carbons (Fsp3) is 0.231. The molecule has 0 aliphatic heterocycles. The molecule has 88 valence electrons. The number of nitrogens with zero attached hydrogens (tertiary/aromatic N) is 1. The van der Waals surface area contributed by atoms with Crippen LogP contribution in [0.2, 0.25) is 0 Å². The van der Waals surface area contributed by atoms with Gasteiger partial charge in [-0.3, -0.25) is 0 Å². The Morgan fingerprint density at radius 3 is 2.65 bits per heavy atom. The van der Waals surface area contributed by atoms with Gasteiger partial charge in [-0.2, -0.15) is 5.26 Å². The van der Waals surface area contributed by atoms with Crippen LogP contribution in [0.15, 0.2) is 35.9 Å². The molecular formula is C13H13NO3. The lowest BCUT2D eigenvalue weighted by Gasteiger charge is -2.02. The van der Waals surface area contributed by atoms with Crippen molar-refractivity contribution in [2.75, 3.05) is 20.3 Å². The average molecular weight is 231 g/mol. The number of carbonyl (C=O) groups is 1. The van der Waals surface area contributed by atoms with Crippen molar-refractivity contribution in [1.29, 1.82) is 5.26 Å². The van der Waals surface area contributed by atoms with E-state index in [1.807, 2.05) is 24.3 Å². The summed E-state index contributed by atoms with van der Waals surface area (Å²) >= 11 is 0. The first-order chi connectivity index (χ1) is 8.27. The minimum absolute atomic E-state index is 0.0210. The fourth-order valence-corrected chi connectivity index (χ4v) is 1.15. The van der Waals surface area contributed by atoms with Crippen LogP contribution in [0.4, 0.5) is 0 Å². The number of benzene rings is 1. The van der Waals surface area contributed by atoms with E-state index < -0.39 is 5.97 Å². The number of hydrogen-bond acceptors (Lipinski definition) is 4. The molecule has 1 aromatic rings. The van der Waals surface area contributed by atoms with Crippen LogP contribution >= 0.6 is 0 Å². The molecule has 1 aromatic carbocycles. The van der Waals surface area contributed by atoms with E-state index in [4.69, 9.17) is 14.7 Å². The maximum atomic E-state index is 11.5. The summed E-state index contributed by atoms with van der Waals surface area (Å²) in [5.74, 6) is -0.631. The van der Waals surface area contributed by atoms with Crippen LogP contribution in [0.5, 0.6) is 0 Å². The average Bonchev–Trinajstić information content (AvgIpc) is 2.37. The van der Waals surface area contributed by atoms with Gasteiger partial charge in [0.15, 0.2) is 0 Å². The molecule has 0 N–H and O–H groups in total. The Labute approximate surface area is 100 Å². The van der Waals surface area contributed by atoms with Crippen molar-refractivity contribution in [3.63, 3.8) is 0 Å². The molecule has 17 heavy (non-hydrogen) atoms. The maximum absolute atomic E-state index is 11.5. The highest BCUT2D eigenvalue weighted by atomic mass is 16.6.